The lowest BCUT2D eigenvalue weighted by atomic mass is 10.1. The Kier molecular flexibility index (Phi) is 3.92. The molecule has 1 aromatic carbocycles. The normalized spacial score (nSPS) is 10.1. The molecule has 0 aliphatic carbocycles. The van der Waals surface area contributed by atoms with Crippen molar-refractivity contribution in [2.24, 2.45) is 5.92 Å². The Labute approximate surface area is 94.9 Å². The van der Waals surface area contributed by atoms with Crippen molar-refractivity contribution in [2.45, 2.75) is 13.8 Å². The number of benzene rings is 1. The van der Waals surface area contributed by atoms with Gasteiger partial charge in [0.2, 0.25) is 5.91 Å². The van der Waals surface area contributed by atoms with Crippen LogP contribution in [0.25, 0.3) is 5.03 Å². The number of nitrogens with one attached hydrogen (secondary N) is 1. The first-order valence-electron chi connectivity index (χ1n) is 4.76. The van der Waals surface area contributed by atoms with Gasteiger partial charge in [0.1, 0.15) is 0 Å². The van der Waals surface area contributed by atoms with E-state index in [9.17, 15) is 4.79 Å². The molecule has 3 heteroatoms. The van der Waals surface area contributed by atoms with Crippen LogP contribution in [0.15, 0.2) is 30.8 Å². The van der Waals surface area contributed by atoms with Gasteiger partial charge in [0, 0.05) is 16.6 Å². The topological polar surface area (TPSA) is 29.1 Å². The summed E-state index contributed by atoms with van der Waals surface area (Å²) < 4.78 is 0. The van der Waals surface area contributed by atoms with Crippen LogP contribution in [0.1, 0.15) is 19.4 Å². The van der Waals surface area contributed by atoms with Crippen molar-refractivity contribution in [1.82, 2.24) is 0 Å². The van der Waals surface area contributed by atoms with Gasteiger partial charge >= 0.3 is 0 Å². The van der Waals surface area contributed by atoms with Gasteiger partial charge in [-0.25, -0.2) is 0 Å². The zero-order valence-electron chi connectivity index (χ0n) is 8.88. The summed E-state index contributed by atoms with van der Waals surface area (Å²) in [6.45, 7) is 7.33. The second-order valence-electron chi connectivity index (χ2n) is 3.63. The second-order valence-corrected chi connectivity index (χ2v) is 4.08. The summed E-state index contributed by atoms with van der Waals surface area (Å²) in [5.41, 5.74) is 1.63. The fourth-order valence-corrected chi connectivity index (χ4v) is 1.15. The third-order valence-electron chi connectivity index (χ3n) is 1.99. The van der Waals surface area contributed by atoms with Crippen molar-refractivity contribution < 1.29 is 4.79 Å². The van der Waals surface area contributed by atoms with E-state index >= 15 is 0 Å². The summed E-state index contributed by atoms with van der Waals surface area (Å²) in [5, 5.41) is 3.29. The third-order valence-corrected chi connectivity index (χ3v) is 2.21. The summed E-state index contributed by atoms with van der Waals surface area (Å²) in [7, 11) is 0. The Morgan fingerprint density at radius 1 is 1.33 bits per heavy atom. The minimum absolute atomic E-state index is 0.00690. The molecule has 0 heterocycles. The highest BCUT2D eigenvalue weighted by Gasteiger charge is 2.06. The molecule has 0 fully saturated rings. The Hall–Kier alpha value is -1.28. The number of halogens is 1. The molecular formula is C12H14ClNO. The first-order valence-corrected chi connectivity index (χ1v) is 5.14. The van der Waals surface area contributed by atoms with E-state index in [1.807, 2.05) is 38.1 Å². The summed E-state index contributed by atoms with van der Waals surface area (Å²) in [6, 6.07) is 7.27. The van der Waals surface area contributed by atoms with Crippen LogP contribution in [-0.2, 0) is 4.79 Å². The molecule has 2 nitrogen and oxygen atoms in total. The van der Waals surface area contributed by atoms with Crippen LogP contribution in [0.4, 0.5) is 5.69 Å². The van der Waals surface area contributed by atoms with Crippen molar-refractivity contribution in [3.8, 4) is 0 Å². The van der Waals surface area contributed by atoms with Gasteiger partial charge in [-0.1, -0.05) is 44.2 Å². The summed E-state index contributed by atoms with van der Waals surface area (Å²) >= 11 is 5.73. The van der Waals surface area contributed by atoms with Crippen LogP contribution in [0.2, 0.25) is 0 Å². The van der Waals surface area contributed by atoms with Crippen LogP contribution in [0.5, 0.6) is 0 Å². The van der Waals surface area contributed by atoms with Crippen LogP contribution >= 0.6 is 11.6 Å². The fraction of sp³-hybridized carbons (Fsp3) is 0.250. The fourth-order valence-electron chi connectivity index (χ4n) is 1.02. The largest absolute Gasteiger partial charge is 0.326 e. The highest BCUT2D eigenvalue weighted by Crippen LogP contribution is 2.18. The summed E-state index contributed by atoms with van der Waals surface area (Å²) in [4.78, 5) is 11.4. The van der Waals surface area contributed by atoms with E-state index in [0.29, 0.717) is 5.03 Å². The van der Waals surface area contributed by atoms with Gasteiger partial charge in [-0.15, -0.1) is 0 Å². The molecule has 0 unspecified atom stereocenters. The Morgan fingerprint density at radius 2 is 1.87 bits per heavy atom. The maximum Gasteiger partial charge on any atom is 0.226 e. The van der Waals surface area contributed by atoms with Crippen LogP contribution in [0, 0.1) is 5.92 Å². The third kappa shape index (κ3) is 3.40. The molecule has 0 saturated carbocycles. The molecule has 0 aliphatic heterocycles. The molecule has 80 valence electrons. The lowest BCUT2D eigenvalue weighted by Crippen LogP contribution is -2.17. The average Bonchev–Trinajstić information content (AvgIpc) is 2.18. The zero-order valence-corrected chi connectivity index (χ0v) is 9.64. The molecule has 0 bridgehead atoms. The number of amides is 1. The van der Waals surface area contributed by atoms with Crippen molar-refractivity contribution in [3.05, 3.63) is 36.4 Å². The van der Waals surface area contributed by atoms with Crippen LogP contribution in [0.3, 0.4) is 0 Å². The molecular weight excluding hydrogens is 210 g/mol. The molecule has 1 N–H and O–H groups in total. The molecule has 0 saturated heterocycles. The van der Waals surface area contributed by atoms with Gasteiger partial charge < -0.3 is 5.32 Å². The SMILES string of the molecule is C=C(Cl)c1ccc(NC(=O)C(C)C)cc1. The predicted molar refractivity (Wildman–Crippen MR) is 64.8 cm³/mol. The minimum Gasteiger partial charge on any atom is -0.326 e. The first kappa shape index (κ1) is 11.8. The zero-order chi connectivity index (χ0) is 11.4. The number of carbonyl (C=O) groups excluding carboxylic acids is 1. The lowest BCUT2D eigenvalue weighted by Gasteiger charge is -2.07. The predicted octanol–water partition coefficient (Wildman–Crippen LogP) is 3.49. The Morgan fingerprint density at radius 3 is 2.27 bits per heavy atom. The molecule has 1 aromatic rings. The van der Waals surface area contributed by atoms with Gasteiger partial charge in [-0.05, 0) is 17.7 Å². The van der Waals surface area contributed by atoms with E-state index < -0.39 is 0 Å². The van der Waals surface area contributed by atoms with E-state index in [1.54, 1.807) is 0 Å². The molecule has 1 amide bonds. The quantitative estimate of drug-likeness (QED) is 0.835. The molecule has 0 radical (unpaired) electrons. The molecule has 0 atom stereocenters. The molecule has 1 rings (SSSR count). The van der Waals surface area contributed by atoms with E-state index in [2.05, 4.69) is 11.9 Å². The van der Waals surface area contributed by atoms with Gasteiger partial charge in [0.25, 0.3) is 0 Å². The molecule has 0 aliphatic rings. The second kappa shape index (κ2) is 4.99. The first-order chi connectivity index (χ1) is 7.00. The molecule has 0 aromatic heterocycles. The van der Waals surface area contributed by atoms with E-state index in [0.717, 1.165) is 11.3 Å². The van der Waals surface area contributed by atoms with Gasteiger partial charge in [0.05, 0.1) is 0 Å². The number of hydrogen-bond donors (Lipinski definition) is 1. The van der Waals surface area contributed by atoms with Gasteiger partial charge in [0.15, 0.2) is 0 Å². The summed E-state index contributed by atoms with van der Waals surface area (Å²) in [5.74, 6) is -0.0138. The maximum absolute atomic E-state index is 11.4. The van der Waals surface area contributed by atoms with E-state index in [1.165, 1.54) is 0 Å². The molecule has 0 spiro atoms. The van der Waals surface area contributed by atoms with Crippen molar-refractivity contribution in [1.29, 1.82) is 0 Å². The number of anilines is 1. The van der Waals surface area contributed by atoms with Gasteiger partial charge in [-0.2, -0.15) is 0 Å². The van der Waals surface area contributed by atoms with Crippen molar-refractivity contribution in [3.63, 3.8) is 0 Å². The highest BCUT2D eigenvalue weighted by atomic mass is 35.5. The van der Waals surface area contributed by atoms with Crippen molar-refractivity contribution in [2.75, 3.05) is 5.32 Å². The van der Waals surface area contributed by atoms with E-state index in [4.69, 9.17) is 11.6 Å². The van der Waals surface area contributed by atoms with Crippen molar-refractivity contribution >= 4 is 28.2 Å². The Balaban J connectivity index is 2.73. The maximum atomic E-state index is 11.4. The average molecular weight is 224 g/mol. The summed E-state index contributed by atoms with van der Waals surface area (Å²) in [6.07, 6.45) is 0. The van der Waals surface area contributed by atoms with Crippen LogP contribution in [-0.4, -0.2) is 5.91 Å². The number of carbonyl (C=O) groups is 1. The molecule has 15 heavy (non-hydrogen) atoms. The Bertz CT molecular complexity index is 368. The number of rotatable bonds is 3. The smallest absolute Gasteiger partial charge is 0.226 e. The minimum atomic E-state index is -0.0207. The standard InChI is InChI=1S/C12H14ClNO/c1-8(2)12(15)14-11-6-4-10(5-7-11)9(3)13/h4-8H,3H2,1-2H3,(H,14,15). The van der Waals surface area contributed by atoms with E-state index in [-0.39, 0.29) is 11.8 Å². The van der Waals surface area contributed by atoms with Gasteiger partial charge in [-0.3, -0.25) is 4.79 Å². The highest BCUT2D eigenvalue weighted by molar-refractivity contribution is 6.48. The lowest BCUT2D eigenvalue weighted by molar-refractivity contribution is -0.118. The van der Waals surface area contributed by atoms with Crippen LogP contribution < -0.4 is 5.32 Å². The number of hydrogen-bond acceptors (Lipinski definition) is 1. The monoisotopic (exact) mass is 223 g/mol.